The van der Waals surface area contributed by atoms with Crippen molar-refractivity contribution in [3.8, 4) is 0 Å². The molecule has 0 saturated heterocycles. The highest BCUT2D eigenvalue weighted by Crippen LogP contribution is 2.01. The number of ether oxygens (including phenoxy) is 1. The number of aromatic nitrogens is 2. The number of ketones is 1. The predicted molar refractivity (Wildman–Crippen MR) is 44.2 cm³/mol. The van der Waals surface area contributed by atoms with Crippen LogP contribution in [0.25, 0.3) is 0 Å². The minimum absolute atomic E-state index is 0.0387. The van der Waals surface area contributed by atoms with Crippen LogP contribution in [0, 0.1) is 0 Å². The van der Waals surface area contributed by atoms with Gasteiger partial charge in [0.1, 0.15) is 11.5 Å². The third-order valence-electron chi connectivity index (χ3n) is 1.50. The van der Waals surface area contributed by atoms with Gasteiger partial charge in [-0.1, -0.05) is 0 Å². The second-order valence-corrected chi connectivity index (χ2v) is 2.60. The van der Waals surface area contributed by atoms with Crippen LogP contribution in [-0.2, 0) is 16.1 Å². The zero-order valence-corrected chi connectivity index (χ0v) is 7.48. The Morgan fingerprint density at radius 1 is 1.62 bits per heavy atom. The first-order valence-electron chi connectivity index (χ1n) is 3.73. The lowest BCUT2D eigenvalue weighted by Crippen LogP contribution is -2.13. The van der Waals surface area contributed by atoms with Crippen LogP contribution in [0.5, 0.6) is 0 Å². The maximum Gasteiger partial charge on any atom is 0.356 e. The molecule has 0 bridgehead atoms. The first-order chi connectivity index (χ1) is 6.15. The lowest BCUT2D eigenvalue weighted by molar-refractivity contribution is -0.117. The normalized spacial score (nSPS) is 9.69. The van der Waals surface area contributed by atoms with Crippen LogP contribution in [-0.4, -0.2) is 28.4 Å². The predicted octanol–water partition coefficient (Wildman–Crippen LogP) is 0.259. The molecule has 0 fully saturated rings. The van der Waals surface area contributed by atoms with Crippen molar-refractivity contribution in [3.63, 3.8) is 0 Å². The molecule has 0 aliphatic carbocycles. The van der Waals surface area contributed by atoms with Gasteiger partial charge in [0.15, 0.2) is 0 Å². The number of esters is 1. The highest BCUT2D eigenvalue weighted by Gasteiger charge is 2.12. The van der Waals surface area contributed by atoms with Gasteiger partial charge in [-0.3, -0.25) is 4.79 Å². The molecule has 1 aromatic heterocycles. The zero-order chi connectivity index (χ0) is 9.84. The molecule has 5 nitrogen and oxygen atoms in total. The Morgan fingerprint density at radius 2 is 2.31 bits per heavy atom. The number of nitrogens with zero attached hydrogens (tertiary/aromatic N) is 2. The topological polar surface area (TPSA) is 61.2 Å². The number of hydrogen-bond donors (Lipinski definition) is 0. The van der Waals surface area contributed by atoms with Crippen molar-refractivity contribution in [2.75, 3.05) is 7.11 Å². The molecule has 0 spiro atoms. The summed E-state index contributed by atoms with van der Waals surface area (Å²) in [5.74, 6) is -0.526. The Morgan fingerprint density at radius 3 is 2.85 bits per heavy atom. The van der Waals surface area contributed by atoms with E-state index in [9.17, 15) is 9.59 Å². The standard InChI is InChI=1S/C8H10N2O3/c1-6(11)4-10-5-9-3-7(10)8(12)13-2/h3,5H,4H2,1-2H3. The molecule has 0 N–H and O–H groups in total. The molecule has 5 heteroatoms. The quantitative estimate of drug-likeness (QED) is 0.629. The Kier molecular flexibility index (Phi) is 2.79. The van der Waals surface area contributed by atoms with Crippen molar-refractivity contribution in [2.24, 2.45) is 0 Å². The summed E-state index contributed by atoms with van der Waals surface area (Å²) in [6, 6.07) is 0. The summed E-state index contributed by atoms with van der Waals surface area (Å²) in [5.41, 5.74) is 0.290. The highest BCUT2D eigenvalue weighted by atomic mass is 16.5. The number of imidazole rings is 1. The number of Topliss-reactive ketones (excluding diaryl/α,β-unsaturated/α-hetero) is 1. The summed E-state index contributed by atoms with van der Waals surface area (Å²) in [6.45, 7) is 1.59. The molecule has 1 rings (SSSR count). The first kappa shape index (κ1) is 9.44. The van der Waals surface area contributed by atoms with E-state index in [4.69, 9.17) is 0 Å². The number of hydrogen-bond acceptors (Lipinski definition) is 4. The fourth-order valence-electron chi connectivity index (χ4n) is 0.961. The van der Waals surface area contributed by atoms with Gasteiger partial charge in [0.25, 0.3) is 0 Å². The van der Waals surface area contributed by atoms with Crippen molar-refractivity contribution in [1.29, 1.82) is 0 Å². The average molecular weight is 182 g/mol. The van der Waals surface area contributed by atoms with Crippen molar-refractivity contribution < 1.29 is 14.3 Å². The Labute approximate surface area is 75.3 Å². The molecule has 0 atom stereocenters. The molecule has 13 heavy (non-hydrogen) atoms. The van der Waals surface area contributed by atoms with Crippen molar-refractivity contribution in [1.82, 2.24) is 9.55 Å². The van der Waals surface area contributed by atoms with E-state index in [0.29, 0.717) is 0 Å². The molecule has 0 saturated carbocycles. The van der Waals surface area contributed by atoms with E-state index in [-0.39, 0.29) is 18.0 Å². The van der Waals surface area contributed by atoms with E-state index in [1.54, 1.807) is 0 Å². The van der Waals surface area contributed by atoms with Crippen LogP contribution in [0.2, 0.25) is 0 Å². The van der Waals surface area contributed by atoms with Gasteiger partial charge < -0.3 is 9.30 Å². The van der Waals surface area contributed by atoms with Gasteiger partial charge in [-0.2, -0.15) is 0 Å². The van der Waals surface area contributed by atoms with Crippen molar-refractivity contribution in [3.05, 3.63) is 18.2 Å². The molecular weight excluding hydrogens is 172 g/mol. The summed E-state index contributed by atoms with van der Waals surface area (Å²) in [4.78, 5) is 25.6. The molecule has 0 amide bonds. The molecule has 0 aromatic carbocycles. The van der Waals surface area contributed by atoms with Gasteiger partial charge in [0.05, 0.1) is 26.2 Å². The highest BCUT2D eigenvalue weighted by molar-refractivity contribution is 5.88. The average Bonchev–Trinajstić information content (AvgIpc) is 2.50. The number of methoxy groups -OCH3 is 1. The smallest absolute Gasteiger partial charge is 0.356 e. The fourth-order valence-corrected chi connectivity index (χ4v) is 0.961. The molecule has 0 radical (unpaired) electrons. The minimum atomic E-state index is -0.487. The number of carbonyl (C=O) groups excluding carboxylic acids is 2. The Balaban J connectivity index is 2.89. The molecule has 0 aliphatic rings. The van der Waals surface area contributed by atoms with E-state index < -0.39 is 5.97 Å². The molecular formula is C8H10N2O3. The van der Waals surface area contributed by atoms with Crippen LogP contribution < -0.4 is 0 Å². The Hall–Kier alpha value is -1.65. The van der Waals surface area contributed by atoms with Gasteiger partial charge in [0.2, 0.25) is 0 Å². The Bertz CT molecular complexity index is 330. The van der Waals surface area contributed by atoms with E-state index in [1.165, 1.54) is 31.1 Å². The van der Waals surface area contributed by atoms with Crippen LogP contribution in [0.1, 0.15) is 17.4 Å². The van der Waals surface area contributed by atoms with Gasteiger partial charge in [0, 0.05) is 0 Å². The van der Waals surface area contributed by atoms with Gasteiger partial charge in [-0.05, 0) is 6.92 Å². The lowest BCUT2D eigenvalue weighted by Gasteiger charge is -2.02. The summed E-state index contributed by atoms with van der Waals surface area (Å²) in [6.07, 6.45) is 2.79. The van der Waals surface area contributed by atoms with Crippen LogP contribution in [0.15, 0.2) is 12.5 Å². The summed E-state index contributed by atoms with van der Waals surface area (Å²) in [5, 5.41) is 0. The molecule has 1 heterocycles. The van der Waals surface area contributed by atoms with E-state index in [2.05, 4.69) is 9.72 Å². The van der Waals surface area contributed by atoms with E-state index >= 15 is 0 Å². The van der Waals surface area contributed by atoms with Crippen LogP contribution in [0.3, 0.4) is 0 Å². The third-order valence-corrected chi connectivity index (χ3v) is 1.50. The van der Waals surface area contributed by atoms with Crippen LogP contribution in [0.4, 0.5) is 0 Å². The molecule has 1 aromatic rings. The van der Waals surface area contributed by atoms with Gasteiger partial charge in [-0.15, -0.1) is 0 Å². The maximum atomic E-state index is 11.1. The molecule has 70 valence electrons. The monoisotopic (exact) mass is 182 g/mol. The lowest BCUT2D eigenvalue weighted by atomic mass is 10.4. The summed E-state index contributed by atoms with van der Waals surface area (Å²) < 4.78 is 5.96. The number of rotatable bonds is 3. The molecule has 0 unspecified atom stereocenters. The second kappa shape index (κ2) is 3.84. The largest absolute Gasteiger partial charge is 0.464 e. The van der Waals surface area contributed by atoms with Crippen molar-refractivity contribution >= 4 is 11.8 Å². The van der Waals surface area contributed by atoms with Gasteiger partial charge >= 0.3 is 5.97 Å². The molecule has 0 aliphatic heterocycles. The van der Waals surface area contributed by atoms with Crippen molar-refractivity contribution in [2.45, 2.75) is 13.5 Å². The van der Waals surface area contributed by atoms with E-state index in [1.807, 2.05) is 0 Å². The SMILES string of the molecule is COC(=O)c1cncn1CC(C)=O. The zero-order valence-electron chi connectivity index (χ0n) is 7.48. The number of carbonyl (C=O) groups is 2. The third kappa shape index (κ3) is 2.14. The first-order valence-corrected chi connectivity index (χ1v) is 3.73. The summed E-state index contributed by atoms with van der Waals surface area (Å²) >= 11 is 0. The maximum absolute atomic E-state index is 11.1. The van der Waals surface area contributed by atoms with E-state index in [0.717, 1.165) is 0 Å². The van der Waals surface area contributed by atoms with Gasteiger partial charge in [-0.25, -0.2) is 9.78 Å². The minimum Gasteiger partial charge on any atom is -0.464 e. The summed E-state index contributed by atoms with van der Waals surface area (Å²) in [7, 11) is 1.29. The van der Waals surface area contributed by atoms with Crippen LogP contribution >= 0.6 is 0 Å². The second-order valence-electron chi connectivity index (χ2n) is 2.60. The fraction of sp³-hybridized carbons (Fsp3) is 0.375.